The average molecular weight is 270 g/mol. The molecule has 0 bridgehead atoms. The van der Waals surface area contributed by atoms with Gasteiger partial charge >= 0.3 is 5.97 Å². The molecule has 5 heteroatoms. The minimum absolute atomic E-state index is 0.181. The van der Waals surface area contributed by atoms with Gasteiger partial charge in [-0.25, -0.2) is 14.2 Å². The summed E-state index contributed by atoms with van der Waals surface area (Å²) in [6, 6.07) is 9.53. The highest BCUT2D eigenvalue weighted by Gasteiger charge is 2.08. The van der Waals surface area contributed by atoms with Gasteiger partial charge in [-0.2, -0.15) is 0 Å². The van der Waals surface area contributed by atoms with Gasteiger partial charge in [0, 0.05) is 18.8 Å². The number of aromatic nitrogens is 2. The highest BCUT2D eigenvalue weighted by molar-refractivity contribution is 5.88. The van der Waals surface area contributed by atoms with Crippen LogP contribution in [0.1, 0.15) is 21.6 Å². The fourth-order valence-corrected chi connectivity index (χ4v) is 2.09. The molecule has 3 rings (SSSR count). The summed E-state index contributed by atoms with van der Waals surface area (Å²) in [5.41, 5.74) is 1.98. The third-order valence-electron chi connectivity index (χ3n) is 3.09. The van der Waals surface area contributed by atoms with Gasteiger partial charge < -0.3 is 9.51 Å². The highest BCUT2D eigenvalue weighted by atomic mass is 19.1. The summed E-state index contributed by atoms with van der Waals surface area (Å²) in [4.78, 5) is 15.2. The Balaban J connectivity index is 1.97. The molecular formula is C15H11FN2O2. The molecule has 0 amide bonds. The van der Waals surface area contributed by atoms with Crippen LogP contribution in [0.2, 0.25) is 0 Å². The number of benzene rings is 1. The van der Waals surface area contributed by atoms with Gasteiger partial charge in [0.05, 0.1) is 11.3 Å². The Bertz CT molecular complexity index is 795. The Labute approximate surface area is 114 Å². The predicted molar refractivity (Wildman–Crippen MR) is 71.4 cm³/mol. The summed E-state index contributed by atoms with van der Waals surface area (Å²) in [6.07, 6.45) is 3.78. The average Bonchev–Trinajstić information content (AvgIpc) is 2.82. The number of imidazole rings is 1. The number of pyridine rings is 1. The van der Waals surface area contributed by atoms with E-state index in [1.807, 2.05) is 0 Å². The van der Waals surface area contributed by atoms with E-state index < -0.39 is 5.97 Å². The third-order valence-corrected chi connectivity index (χ3v) is 3.09. The lowest BCUT2D eigenvalue weighted by Gasteiger charge is -1.98. The third kappa shape index (κ3) is 2.25. The van der Waals surface area contributed by atoms with E-state index in [1.165, 1.54) is 18.2 Å². The van der Waals surface area contributed by atoms with Crippen LogP contribution in [-0.4, -0.2) is 20.5 Å². The van der Waals surface area contributed by atoms with Gasteiger partial charge in [-0.15, -0.1) is 0 Å². The summed E-state index contributed by atoms with van der Waals surface area (Å²) in [5, 5.41) is 8.94. The van der Waals surface area contributed by atoms with E-state index in [0.717, 1.165) is 0 Å². The molecule has 0 saturated heterocycles. The zero-order valence-electron chi connectivity index (χ0n) is 10.5. The van der Waals surface area contributed by atoms with Crippen LogP contribution in [-0.2, 0) is 6.42 Å². The number of nitrogens with zero attached hydrogens (tertiary/aromatic N) is 2. The van der Waals surface area contributed by atoms with Crippen molar-refractivity contribution in [1.29, 1.82) is 0 Å². The van der Waals surface area contributed by atoms with E-state index in [9.17, 15) is 9.18 Å². The summed E-state index contributed by atoms with van der Waals surface area (Å²) < 4.78 is 15.3. The second kappa shape index (κ2) is 4.77. The number of aromatic carboxylic acids is 1. The fourth-order valence-electron chi connectivity index (χ4n) is 2.09. The Morgan fingerprint density at radius 1 is 1.30 bits per heavy atom. The van der Waals surface area contributed by atoms with Crippen molar-refractivity contribution in [3.8, 4) is 0 Å². The largest absolute Gasteiger partial charge is 0.478 e. The normalized spacial score (nSPS) is 10.8. The topological polar surface area (TPSA) is 54.6 Å². The first-order chi connectivity index (χ1) is 9.63. The number of carbonyl (C=O) groups is 1. The van der Waals surface area contributed by atoms with Gasteiger partial charge in [-0.1, -0.05) is 18.2 Å². The number of carboxylic acid groups (broad SMARTS) is 1. The molecule has 2 heterocycles. The molecule has 0 aliphatic carbocycles. The van der Waals surface area contributed by atoms with Crippen molar-refractivity contribution in [3.05, 3.63) is 71.4 Å². The molecule has 1 aromatic carbocycles. The molecule has 3 aromatic rings. The van der Waals surface area contributed by atoms with Crippen molar-refractivity contribution in [2.45, 2.75) is 6.42 Å². The SMILES string of the molecule is O=C(O)c1ccn2cc(Cc3ccccc3F)nc2c1. The molecule has 0 spiro atoms. The van der Waals surface area contributed by atoms with Crippen LogP contribution in [0.5, 0.6) is 0 Å². The maximum Gasteiger partial charge on any atom is 0.335 e. The van der Waals surface area contributed by atoms with Gasteiger partial charge in [0.25, 0.3) is 0 Å². The van der Waals surface area contributed by atoms with E-state index >= 15 is 0 Å². The maximum absolute atomic E-state index is 13.6. The molecule has 0 radical (unpaired) electrons. The van der Waals surface area contributed by atoms with E-state index in [1.54, 1.807) is 35.0 Å². The molecule has 0 atom stereocenters. The van der Waals surface area contributed by atoms with Crippen molar-refractivity contribution in [2.24, 2.45) is 0 Å². The van der Waals surface area contributed by atoms with Gasteiger partial charge in [-0.3, -0.25) is 0 Å². The van der Waals surface area contributed by atoms with Gasteiger partial charge in [0.2, 0.25) is 0 Å². The van der Waals surface area contributed by atoms with Crippen LogP contribution in [0.15, 0.2) is 48.8 Å². The van der Waals surface area contributed by atoms with Crippen LogP contribution < -0.4 is 0 Å². The minimum Gasteiger partial charge on any atom is -0.478 e. The van der Waals surface area contributed by atoms with Crippen LogP contribution in [0, 0.1) is 5.82 Å². The Morgan fingerprint density at radius 2 is 2.10 bits per heavy atom. The predicted octanol–water partition coefficient (Wildman–Crippen LogP) is 2.76. The first kappa shape index (κ1) is 12.3. The summed E-state index contributed by atoms with van der Waals surface area (Å²) in [6.45, 7) is 0. The van der Waals surface area contributed by atoms with Crippen LogP contribution in [0.25, 0.3) is 5.65 Å². The highest BCUT2D eigenvalue weighted by Crippen LogP contribution is 2.14. The smallest absolute Gasteiger partial charge is 0.335 e. The molecule has 100 valence electrons. The van der Waals surface area contributed by atoms with Crippen molar-refractivity contribution in [1.82, 2.24) is 9.38 Å². The van der Waals surface area contributed by atoms with Crippen molar-refractivity contribution < 1.29 is 14.3 Å². The van der Waals surface area contributed by atoms with Crippen molar-refractivity contribution in [2.75, 3.05) is 0 Å². The monoisotopic (exact) mass is 270 g/mol. The first-order valence-corrected chi connectivity index (χ1v) is 6.08. The maximum atomic E-state index is 13.6. The molecule has 0 aliphatic heterocycles. The molecule has 0 aliphatic rings. The van der Waals surface area contributed by atoms with E-state index in [-0.39, 0.29) is 11.4 Å². The van der Waals surface area contributed by atoms with E-state index in [0.29, 0.717) is 23.3 Å². The summed E-state index contributed by atoms with van der Waals surface area (Å²) in [5.74, 6) is -1.26. The van der Waals surface area contributed by atoms with Crippen LogP contribution >= 0.6 is 0 Å². The van der Waals surface area contributed by atoms with E-state index in [4.69, 9.17) is 5.11 Å². The number of fused-ring (bicyclic) bond motifs is 1. The number of hydrogen-bond acceptors (Lipinski definition) is 2. The Kier molecular flexibility index (Phi) is 2.95. The van der Waals surface area contributed by atoms with Gasteiger partial charge in [0.15, 0.2) is 0 Å². The zero-order valence-corrected chi connectivity index (χ0v) is 10.5. The lowest BCUT2D eigenvalue weighted by molar-refractivity contribution is 0.0697. The number of halogens is 1. The Hall–Kier alpha value is -2.69. The van der Waals surface area contributed by atoms with Crippen LogP contribution in [0.3, 0.4) is 0 Å². The lowest BCUT2D eigenvalue weighted by atomic mass is 10.1. The first-order valence-electron chi connectivity index (χ1n) is 6.08. The fraction of sp³-hybridized carbons (Fsp3) is 0.0667. The molecule has 1 N–H and O–H groups in total. The number of carboxylic acids is 1. The second-order valence-electron chi connectivity index (χ2n) is 4.49. The van der Waals surface area contributed by atoms with Crippen molar-refractivity contribution >= 4 is 11.6 Å². The zero-order chi connectivity index (χ0) is 14.1. The molecule has 20 heavy (non-hydrogen) atoms. The summed E-state index contributed by atoms with van der Waals surface area (Å²) in [7, 11) is 0. The Morgan fingerprint density at radius 3 is 2.85 bits per heavy atom. The molecule has 4 nitrogen and oxygen atoms in total. The number of rotatable bonds is 3. The standard InChI is InChI=1S/C15H11FN2O2/c16-13-4-2-1-3-10(13)7-12-9-18-6-5-11(15(19)20)8-14(18)17-12/h1-6,8-9H,7H2,(H,19,20). The van der Waals surface area contributed by atoms with Gasteiger partial charge in [0.1, 0.15) is 11.5 Å². The minimum atomic E-state index is -0.994. The van der Waals surface area contributed by atoms with Crippen molar-refractivity contribution in [3.63, 3.8) is 0 Å². The molecule has 0 fully saturated rings. The summed E-state index contributed by atoms with van der Waals surface area (Å²) >= 11 is 0. The lowest BCUT2D eigenvalue weighted by Crippen LogP contribution is -1.97. The molecule has 2 aromatic heterocycles. The number of hydrogen-bond donors (Lipinski definition) is 1. The quantitative estimate of drug-likeness (QED) is 0.796. The van der Waals surface area contributed by atoms with Gasteiger partial charge in [-0.05, 0) is 23.8 Å². The molecule has 0 unspecified atom stereocenters. The second-order valence-corrected chi connectivity index (χ2v) is 4.49. The van der Waals surface area contributed by atoms with Crippen LogP contribution in [0.4, 0.5) is 4.39 Å². The molecular weight excluding hydrogens is 259 g/mol. The molecule has 0 saturated carbocycles. The van der Waals surface area contributed by atoms with E-state index in [2.05, 4.69) is 4.98 Å².